The number of carbonyl (C=O) groups excluding carboxylic acids is 3. The van der Waals surface area contributed by atoms with Gasteiger partial charge in [0, 0.05) is 29.0 Å². The standard InChI is InChI=1S/C22H28N2O7/c1-12-15-8-7-14(29-6)11-17(15)31-20(27)16(12)9-10-18(25)30-13(2)19(26)23-21(28)24-22(3,4)5/h7-8,11,13H,9-10H2,1-6H3,(H2,23,24,26,28). The van der Waals surface area contributed by atoms with Crippen molar-refractivity contribution in [2.24, 2.45) is 0 Å². The van der Waals surface area contributed by atoms with Gasteiger partial charge in [0.1, 0.15) is 11.3 Å². The van der Waals surface area contributed by atoms with Gasteiger partial charge in [-0.3, -0.25) is 14.9 Å². The molecule has 0 saturated heterocycles. The number of carbonyl (C=O) groups is 3. The molecular weight excluding hydrogens is 404 g/mol. The van der Waals surface area contributed by atoms with Crippen LogP contribution in [0.1, 0.15) is 45.2 Å². The van der Waals surface area contributed by atoms with E-state index in [2.05, 4.69) is 10.6 Å². The Labute approximate surface area is 180 Å². The Morgan fingerprint density at radius 3 is 2.48 bits per heavy atom. The van der Waals surface area contributed by atoms with Crippen LogP contribution in [0.25, 0.3) is 11.0 Å². The SMILES string of the molecule is COc1ccc2c(C)c(CCC(=O)OC(C)C(=O)NC(=O)NC(C)(C)C)c(=O)oc2c1. The highest BCUT2D eigenvalue weighted by Crippen LogP contribution is 2.24. The summed E-state index contributed by atoms with van der Waals surface area (Å²) in [7, 11) is 1.52. The van der Waals surface area contributed by atoms with Crippen LogP contribution < -0.4 is 21.0 Å². The highest BCUT2D eigenvalue weighted by Gasteiger charge is 2.22. The van der Waals surface area contributed by atoms with E-state index in [-0.39, 0.29) is 12.8 Å². The average Bonchev–Trinajstić information content (AvgIpc) is 2.65. The topological polar surface area (TPSA) is 124 Å². The molecule has 0 saturated carbocycles. The van der Waals surface area contributed by atoms with Gasteiger partial charge in [-0.25, -0.2) is 9.59 Å². The maximum Gasteiger partial charge on any atom is 0.339 e. The predicted molar refractivity (Wildman–Crippen MR) is 114 cm³/mol. The third-order valence-corrected chi connectivity index (χ3v) is 4.48. The number of hydrogen-bond donors (Lipinski definition) is 2. The van der Waals surface area contributed by atoms with Crippen molar-refractivity contribution in [3.05, 3.63) is 39.7 Å². The zero-order valence-electron chi connectivity index (χ0n) is 18.6. The van der Waals surface area contributed by atoms with E-state index in [1.165, 1.54) is 14.0 Å². The lowest BCUT2D eigenvalue weighted by atomic mass is 10.0. The Morgan fingerprint density at radius 1 is 1.19 bits per heavy atom. The zero-order valence-corrected chi connectivity index (χ0v) is 18.6. The molecule has 0 aliphatic carbocycles. The number of hydrogen-bond acceptors (Lipinski definition) is 7. The summed E-state index contributed by atoms with van der Waals surface area (Å²) in [6.07, 6.45) is -1.20. The van der Waals surface area contributed by atoms with Gasteiger partial charge in [-0.15, -0.1) is 0 Å². The summed E-state index contributed by atoms with van der Waals surface area (Å²) >= 11 is 0. The van der Waals surface area contributed by atoms with E-state index in [0.717, 1.165) is 5.39 Å². The molecule has 0 bridgehead atoms. The number of imide groups is 1. The molecule has 2 N–H and O–H groups in total. The third-order valence-electron chi connectivity index (χ3n) is 4.48. The summed E-state index contributed by atoms with van der Waals surface area (Å²) in [6.45, 7) is 8.43. The van der Waals surface area contributed by atoms with Gasteiger partial charge in [0.25, 0.3) is 5.91 Å². The fourth-order valence-electron chi connectivity index (χ4n) is 2.91. The lowest BCUT2D eigenvalue weighted by molar-refractivity contribution is -0.154. The Kier molecular flexibility index (Phi) is 7.43. The van der Waals surface area contributed by atoms with Crippen LogP contribution in [0.15, 0.2) is 27.4 Å². The first kappa shape index (κ1) is 23.9. The van der Waals surface area contributed by atoms with Gasteiger partial charge in [0.2, 0.25) is 0 Å². The monoisotopic (exact) mass is 432 g/mol. The molecule has 1 atom stereocenters. The van der Waals surface area contributed by atoms with E-state index in [4.69, 9.17) is 13.9 Å². The molecule has 1 aromatic carbocycles. The van der Waals surface area contributed by atoms with E-state index in [1.807, 2.05) is 0 Å². The van der Waals surface area contributed by atoms with Gasteiger partial charge in [0.15, 0.2) is 6.10 Å². The average molecular weight is 432 g/mol. The lowest BCUT2D eigenvalue weighted by Crippen LogP contribution is -2.50. The summed E-state index contributed by atoms with van der Waals surface area (Å²) in [5.41, 5.74) is 0.388. The number of rotatable bonds is 6. The van der Waals surface area contributed by atoms with Crippen molar-refractivity contribution in [1.82, 2.24) is 10.6 Å². The molecule has 0 radical (unpaired) electrons. The fourth-order valence-corrected chi connectivity index (χ4v) is 2.91. The quantitative estimate of drug-likeness (QED) is 0.531. The number of amides is 3. The largest absolute Gasteiger partial charge is 0.497 e. The number of urea groups is 1. The first-order valence-electron chi connectivity index (χ1n) is 9.84. The highest BCUT2D eigenvalue weighted by molar-refractivity contribution is 5.97. The molecular formula is C22H28N2O7. The molecule has 0 aliphatic heterocycles. The van der Waals surface area contributed by atoms with Crippen LogP contribution >= 0.6 is 0 Å². The molecule has 3 amide bonds. The summed E-state index contributed by atoms with van der Waals surface area (Å²) in [4.78, 5) is 48.3. The van der Waals surface area contributed by atoms with Gasteiger partial charge >= 0.3 is 17.6 Å². The molecule has 1 heterocycles. The van der Waals surface area contributed by atoms with Crippen molar-refractivity contribution in [3.8, 4) is 5.75 Å². The summed E-state index contributed by atoms with van der Waals surface area (Å²) in [5.74, 6) is -0.854. The zero-order chi connectivity index (χ0) is 23.3. The van der Waals surface area contributed by atoms with E-state index in [1.54, 1.807) is 45.9 Å². The van der Waals surface area contributed by atoms with Gasteiger partial charge in [-0.05, 0) is 58.7 Å². The molecule has 31 heavy (non-hydrogen) atoms. The second-order valence-electron chi connectivity index (χ2n) is 8.18. The maximum absolute atomic E-state index is 12.4. The molecule has 0 aliphatic rings. The smallest absolute Gasteiger partial charge is 0.339 e. The third kappa shape index (κ3) is 6.56. The van der Waals surface area contributed by atoms with Crippen LogP contribution in [0.2, 0.25) is 0 Å². The van der Waals surface area contributed by atoms with E-state index < -0.39 is 35.2 Å². The fraction of sp³-hybridized carbons (Fsp3) is 0.455. The normalized spacial score (nSPS) is 12.2. The Bertz CT molecular complexity index is 1050. The maximum atomic E-state index is 12.4. The van der Waals surface area contributed by atoms with Gasteiger partial charge in [-0.1, -0.05) is 0 Å². The van der Waals surface area contributed by atoms with Crippen molar-refractivity contribution >= 4 is 28.9 Å². The Morgan fingerprint density at radius 2 is 1.87 bits per heavy atom. The Balaban J connectivity index is 1.99. The Hall–Kier alpha value is -3.36. The number of ether oxygens (including phenoxy) is 2. The molecule has 168 valence electrons. The molecule has 1 aromatic heterocycles. The second kappa shape index (κ2) is 9.63. The minimum atomic E-state index is -1.17. The van der Waals surface area contributed by atoms with Crippen LogP contribution in [0.5, 0.6) is 5.75 Å². The van der Waals surface area contributed by atoms with Crippen molar-refractivity contribution < 1.29 is 28.3 Å². The number of methoxy groups -OCH3 is 1. The number of benzene rings is 1. The van der Waals surface area contributed by atoms with Crippen molar-refractivity contribution in [3.63, 3.8) is 0 Å². The molecule has 1 unspecified atom stereocenters. The number of aryl methyl sites for hydroxylation is 1. The first-order chi connectivity index (χ1) is 14.4. The summed E-state index contributed by atoms with van der Waals surface area (Å²) in [5, 5.41) is 5.43. The van der Waals surface area contributed by atoms with E-state index in [0.29, 0.717) is 22.5 Å². The predicted octanol–water partition coefficient (Wildman–Crippen LogP) is 2.60. The number of esters is 1. The van der Waals surface area contributed by atoms with Crippen LogP contribution in [-0.4, -0.2) is 36.7 Å². The highest BCUT2D eigenvalue weighted by atomic mass is 16.5. The van der Waals surface area contributed by atoms with Gasteiger partial charge < -0.3 is 19.2 Å². The second-order valence-corrected chi connectivity index (χ2v) is 8.18. The number of nitrogens with one attached hydrogen (secondary N) is 2. The van der Waals surface area contributed by atoms with Crippen LogP contribution in [-0.2, 0) is 20.7 Å². The van der Waals surface area contributed by atoms with Crippen molar-refractivity contribution in [1.29, 1.82) is 0 Å². The molecule has 2 rings (SSSR count). The summed E-state index contributed by atoms with van der Waals surface area (Å²) < 4.78 is 15.6. The lowest BCUT2D eigenvalue weighted by Gasteiger charge is -2.21. The van der Waals surface area contributed by atoms with Crippen LogP contribution in [0.3, 0.4) is 0 Å². The van der Waals surface area contributed by atoms with Crippen LogP contribution in [0.4, 0.5) is 4.79 Å². The molecule has 0 spiro atoms. The van der Waals surface area contributed by atoms with E-state index >= 15 is 0 Å². The van der Waals surface area contributed by atoms with Gasteiger partial charge in [-0.2, -0.15) is 0 Å². The van der Waals surface area contributed by atoms with E-state index in [9.17, 15) is 19.2 Å². The summed E-state index contributed by atoms with van der Waals surface area (Å²) in [6, 6.07) is 4.48. The molecule has 0 fully saturated rings. The van der Waals surface area contributed by atoms with Crippen molar-refractivity contribution in [2.75, 3.05) is 7.11 Å². The first-order valence-corrected chi connectivity index (χ1v) is 9.84. The molecule has 9 heteroatoms. The molecule has 2 aromatic rings. The minimum Gasteiger partial charge on any atom is -0.497 e. The van der Waals surface area contributed by atoms with Crippen LogP contribution in [0, 0.1) is 6.92 Å². The van der Waals surface area contributed by atoms with Gasteiger partial charge in [0.05, 0.1) is 7.11 Å². The minimum absolute atomic E-state index is 0.0911. The molecule has 9 nitrogen and oxygen atoms in total. The number of fused-ring (bicyclic) bond motifs is 1. The van der Waals surface area contributed by atoms with Crippen molar-refractivity contribution in [2.45, 2.75) is 59.1 Å².